The zero-order valence-corrected chi connectivity index (χ0v) is 7.62. The van der Waals surface area contributed by atoms with E-state index in [4.69, 9.17) is 10.2 Å². The maximum atomic E-state index is 12.8. The van der Waals surface area contributed by atoms with Gasteiger partial charge < -0.3 is 10.2 Å². The molecule has 4 nitrogen and oxygen atoms in total. The molecular formula is C8H13F2NO3. The van der Waals surface area contributed by atoms with Crippen molar-refractivity contribution < 1.29 is 23.8 Å². The third-order valence-electron chi connectivity index (χ3n) is 2.17. The minimum Gasteiger partial charge on any atom is -0.477 e. The lowest BCUT2D eigenvalue weighted by Gasteiger charge is -2.23. The van der Waals surface area contributed by atoms with E-state index in [9.17, 15) is 13.6 Å². The first kappa shape index (κ1) is 11.3. The molecule has 0 heterocycles. The number of carboxylic acid groups (broad SMARTS) is 1. The van der Waals surface area contributed by atoms with Gasteiger partial charge in [0, 0.05) is 12.6 Å². The molecule has 0 radical (unpaired) electrons. The van der Waals surface area contributed by atoms with E-state index in [0.29, 0.717) is 0 Å². The molecule has 1 fully saturated rings. The summed E-state index contributed by atoms with van der Waals surface area (Å²) >= 11 is 0. The SMILES string of the molecule is O=C(O)C(F)(F)CN(CCO)C1CC1. The van der Waals surface area contributed by atoms with Gasteiger partial charge in [0.1, 0.15) is 0 Å². The van der Waals surface area contributed by atoms with Crippen molar-refractivity contribution in [2.24, 2.45) is 0 Å². The molecule has 0 aromatic carbocycles. The second kappa shape index (κ2) is 4.18. The molecule has 0 aliphatic heterocycles. The van der Waals surface area contributed by atoms with Gasteiger partial charge in [0.05, 0.1) is 13.2 Å². The summed E-state index contributed by atoms with van der Waals surface area (Å²) in [6.45, 7) is -0.937. The van der Waals surface area contributed by atoms with E-state index in [-0.39, 0.29) is 19.2 Å². The monoisotopic (exact) mass is 209 g/mol. The molecule has 0 spiro atoms. The topological polar surface area (TPSA) is 60.8 Å². The first-order valence-corrected chi connectivity index (χ1v) is 4.43. The number of alkyl halides is 2. The zero-order valence-electron chi connectivity index (χ0n) is 7.62. The first-order valence-electron chi connectivity index (χ1n) is 4.43. The maximum absolute atomic E-state index is 12.8. The Bertz CT molecular complexity index is 219. The summed E-state index contributed by atoms with van der Waals surface area (Å²) in [5, 5.41) is 16.8. The van der Waals surface area contributed by atoms with Gasteiger partial charge in [-0.2, -0.15) is 8.78 Å². The molecule has 1 aliphatic rings. The van der Waals surface area contributed by atoms with Crippen LogP contribution in [0.5, 0.6) is 0 Å². The average Bonchev–Trinajstić information content (AvgIpc) is 2.85. The van der Waals surface area contributed by atoms with Gasteiger partial charge in [-0.3, -0.25) is 4.90 Å². The van der Waals surface area contributed by atoms with Gasteiger partial charge in [0.15, 0.2) is 0 Å². The van der Waals surface area contributed by atoms with Crippen LogP contribution in [0.1, 0.15) is 12.8 Å². The van der Waals surface area contributed by atoms with E-state index in [1.807, 2.05) is 0 Å². The van der Waals surface area contributed by atoms with E-state index < -0.39 is 18.4 Å². The number of hydrogen-bond donors (Lipinski definition) is 2. The number of halogens is 2. The summed E-state index contributed by atoms with van der Waals surface area (Å²) in [5.74, 6) is -5.83. The van der Waals surface area contributed by atoms with Crippen LogP contribution in [-0.2, 0) is 4.79 Å². The van der Waals surface area contributed by atoms with Gasteiger partial charge in [0.25, 0.3) is 0 Å². The fourth-order valence-electron chi connectivity index (χ4n) is 1.28. The van der Waals surface area contributed by atoms with Gasteiger partial charge >= 0.3 is 11.9 Å². The zero-order chi connectivity index (χ0) is 10.8. The highest BCUT2D eigenvalue weighted by Gasteiger charge is 2.43. The summed E-state index contributed by atoms with van der Waals surface area (Å²) < 4.78 is 25.6. The Labute approximate surface area is 80.1 Å². The van der Waals surface area contributed by atoms with Crippen molar-refractivity contribution in [2.45, 2.75) is 24.8 Å². The Morgan fingerprint density at radius 2 is 2.07 bits per heavy atom. The Morgan fingerprint density at radius 3 is 2.43 bits per heavy atom. The summed E-state index contributed by atoms with van der Waals surface area (Å²) in [6.07, 6.45) is 1.60. The van der Waals surface area contributed by atoms with Crippen LogP contribution in [-0.4, -0.2) is 52.7 Å². The first-order chi connectivity index (χ1) is 6.47. The molecule has 2 N–H and O–H groups in total. The van der Waals surface area contributed by atoms with Crippen LogP contribution in [0, 0.1) is 0 Å². The molecule has 0 bridgehead atoms. The Balaban J connectivity index is 2.49. The minimum absolute atomic E-state index is 0.0207. The van der Waals surface area contributed by atoms with Crippen molar-refractivity contribution in [3.8, 4) is 0 Å². The number of carboxylic acids is 1. The van der Waals surface area contributed by atoms with E-state index in [1.165, 1.54) is 4.90 Å². The van der Waals surface area contributed by atoms with Crippen LogP contribution >= 0.6 is 0 Å². The van der Waals surface area contributed by atoms with Crippen molar-refractivity contribution in [2.75, 3.05) is 19.7 Å². The molecule has 6 heteroatoms. The molecule has 0 atom stereocenters. The number of nitrogens with zero attached hydrogens (tertiary/aromatic N) is 1. The predicted octanol–water partition coefficient (Wildman–Crippen LogP) is 0.163. The van der Waals surface area contributed by atoms with Gasteiger partial charge in [-0.1, -0.05) is 0 Å². The highest BCUT2D eigenvalue weighted by molar-refractivity contribution is 5.75. The van der Waals surface area contributed by atoms with Crippen LogP contribution in [0.2, 0.25) is 0 Å². The summed E-state index contributed by atoms with van der Waals surface area (Å²) in [5.41, 5.74) is 0. The van der Waals surface area contributed by atoms with Crippen LogP contribution in [0.15, 0.2) is 0 Å². The number of carbonyl (C=O) groups is 1. The number of aliphatic hydroxyl groups is 1. The van der Waals surface area contributed by atoms with Gasteiger partial charge in [0.2, 0.25) is 0 Å². The summed E-state index contributed by atoms with van der Waals surface area (Å²) in [6, 6.07) is 0.0207. The van der Waals surface area contributed by atoms with Crippen molar-refractivity contribution in [1.82, 2.24) is 4.90 Å². The fraction of sp³-hybridized carbons (Fsp3) is 0.875. The molecule has 0 amide bonds. The number of aliphatic carboxylic acids is 1. The van der Waals surface area contributed by atoms with Crippen LogP contribution in [0.4, 0.5) is 8.78 Å². The number of hydrogen-bond acceptors (Lipinski definition) is 3. The van der Waals surface area contributed by atoms with Crippen molar-refractivity contribution in [1.29, 1.82) is 0 Å². The minimum atomic E-state index is -3.72. The number of rotatable bonds is 6. The summed E-state index contributed by atoms with van der Waals surface area (Å²) in [7, 11) is 0. The molecule has 1 aliphatic carbocycles. The quantitative estimate of drug-likeness (QED) is 0.654. The van der Waals surface area contributed by atoms with Crippen LogP contribution in [0.25, 0.3) is 0 Å². The molecule has 82 valence electrons. The van der Waals surface area contributed by atoms with Crippen molar-refractivity contribution >= 4 is 5.97 Å². The lowest BCUT2D eigenvalue weighted by Crippen LogP contribution is -2.44. The van der Waals surface area contributed by atoms with Gasteiger partial charge in [-0.05, 0) is 12.8 Å². The second-order valence-corrected chi connectivity index (χ2v) is 3.43. The largest absolute Gasteiger partial charge is 0.477 e. The second-order valence-electron chi connectivity index (χ2n) is 3.43. The molecule has 14 heavy (non-hydrogen) atoms. The predicted molar refractivity (Wildman–Crippen MR) is 44.3 cm³/mol. The van der Waals surface area contributed by atoms with E-state index in [2.05, 4.69) is 0 Å². The Kier molecular flexibility index (Phi) is 3.38. The lowest BCUT2D eigenvalue weighted by atomic mass is 10.3. The highest BCUT2D eigenvalue weighted by atomic mass is 19.3. The van der Waals surface area contributed by atoms with E-state index >= 15 is 0 Å². The molecule has 0 saturated heterocycles. The van der Waals surface area contributed by atoms with E-state index in [0.717, 1.165) is 12.8 Å². The van der Waals surface area contributed by atoms with Crippen LogP contribution < -0.4 is 0 Å². The van der Waals surface area contributed by atoms with Crippen molar-refractivity contribution in [3.05, 3.63) is 0 Å². The van der Waals surface area contributed by atoms with Crippen molar-refractivity contribution in [3.63, 3.8) is 0 Å². The Hall–Kier alpha value is -0.750. The van der Waals surface area contributed by atoms with Crippen LogP contribution in [0.3, 0.4) is 0 Å². The Morgan fingerprint density at radius 1 is 1.50 bits per heavy atom. The maximum Gasteiger partial charge on any atom is 0.375 e. The molecular weight excluding hydrogens is 196 g/mol. The van der Waals surface area contributed by atoms with Gasteiger partial charge in [-0.15, -0.1) is 0 Å². The standard InChI is InChI=1S/C8H13F2NO3/c9-8(10,7(13)14)5-11(3-4-12)6-1-2-6/h6,12H,1-5H2,(H,13,14). The lowest BCUT2D eigenvalue weighted by molar-refractivity contribution is -0.167. The molecule has 0 aromatic rings. The molecule has 0 unspecified atom stereocenters. The fourth-order valence-corrected chi connectivity index (χ4v) is 1.28. The third-order valence-corrected chi connectivity index (χ3v) is 2.17. The smallest absolute Gasteiger partial charge is 0.375 e. The molecule has 1 saturated carbocycles. The van der Waals surface area contributed by atoms with Gasteiger partial charge in [-0.25, -0.2) is 4.79 Å². The highest BCUT2D eigenvalue weighted by Crippen LogP contribution is 2.29. The molecule has 0 aromatic heterocycles. The summed E-state index contributed by atoms with van der Waals surface area (Å²) in [4.78, 5) is 11.5. The third kappa shape index (κ3) is 2.88. The normalized spacial score (nSPS) is 17.4. The molecule has 1 rings (SSSR count). The number of aliphatic hydroxyl groups excluding tert-OH is 1. The average molecular weight is 209 g/mol. The van der Waals surface area contributed by atoms with E-state index in [1.54, 1.807) is 0 Å².